The highest BCUT2D eigenvalue weighted by molar-refractivity contribution is 6.07. The SMILES string of the molecule is NC(=O)c1cccc(NC(=O)c2ccc3ccccc3c2)c1. The summed E-state index contributed by atoms with van der Waals surface area (Å²) in [5, 5.41) is 4.85. The highest BCUT2D eigenvalue weighted by Crippen LogP contribution is 2.17. The van der Waals surface area contributed by atoms with Crippen molar-refractivity contribution in [1.29, 1.82) is 0 Å². The Balaban J connectivity index is 1.86. The zero-order valence-corrected chi connectivity index (χ0v) is 11.7. The maximum absolute atomic E-state index is 12.3. The zero-order valence-electron chi connectivity index (χ0n) is 11.7. The Bertz CT molecular complexity index is 872. The molecule has 0 heterocycles. The van der Waals surface area contributed by atoms with E-state index < -0.39 is 5.91 Å². The van der Waals surface area contributed by atoms with Crippen molar-refractivity contribution in [3.8, 4) is 0 Å². The number of nitrogens with one attached hydrogen (secondary N) is 1. The van der Waals surface area contributed by atoms with E-state index in [1.54, 1.807) is 30.3 Å². The number of primary amides is 1. The van der Waals surface area contributed by atoms with Gasteiger partial charge in [-0.1, -0.05) is 36.4 Å². The second-order valence-electron chi connectivity index (χ2n) is 4.96. The third-order valence-corrected chi connectivity index (χ3v) is 3.42. The maximum atomic E-state index is 12.3. The van der Waals surface area contributed by atoms with Gasteiger partial charge in [-0.3, -0.25) is 9.59 Å². The maximum Gasteiger partial charge on any atom is 0.255 e. The third kappa shape index (κ3) is 2.81. The van der Waals surface area contributed by atoms with E-state index in [2.05, 4.69) is 5.32 Å². The minimum Gasteiger partial charge on any atom is -0.366 e. The molecule has 0 aliphatic heterocycles. The van der Waals surface area contributed by atoms with Crippen LogP contribution in [0.15, 0.2) is 66.7 Å². The lowest BCUT2D eigenvalue weighted by Crippen LogP contribution is -2.14. The van der Waals surface area contributed by atoms with Crippen molar-refractivity contribution in [3.63, 3.8) is 0 Å². The van der Waals surface area contributed by atoms with Crippen LogP contribution in [0.25, 0.3) is 10.8 Å². The highest BCUT2D eigenvalue weighted by atomic mass is 16.2. The summed E-state index contributed by atoms with van der Waals surface area (Å²) in [5.74, 6) is -0.755. The molecule has 0 fully saturated rings. The summed E-state index contributed by atoms with van der Waals surface area (Å²) in [6, 6.07) is 19.9. The van der Waals surface area contributed by atoms with Crippen LogP contribution < -0.4 is 11.1 Å². The first-order valence-electron chi connectivity index (χ1n) is 6.83. The van der Waals surface area contributed by atoms with Gasteiger partial charge < -0.3 is 11.1 Å². The van der Waals surface area contributed by atoms with E-state index in [1.807, 2.05) is 36.4 Å². The van der Waals surface area contributed by atoms with Crippen LogP contribution in [-0.4, -0.2) is 11.8 Å². The van der Waals surface area contributed by atoms with Crippen LogP contribution in [0.1, 0.15) is 20.7 Å². The van der Waals surface area contributed by atoms with Crippen LogP contribution in [0.2, 0.25) is 0 Å². The molecule has 3 aromatic carbocycles. The van der Waals surface area contributed by atoms with Gasteiger partial charge in [0.25, 0.3) is 5.91 Å². The number of amides is 2. The third-order valence-electron chi connectivity index (χ3n) is 3.42. The van der Waals surface area contributed by atoms with E-state index in [0.29, 0.717) is 16.8 Å². The number of carbonyl (C=O) groups excluding carboxylic acids is 2. The fraction of sp³-hybridized carbons (Fsp3) is 0. The average Bonchev–Trinajstić information content (AvgIpc) is 2.54. The topological polar surface area (TPSA) is 72.2 Å². The van der Waals surface area contributed by atoms with Gasteiger partial charge in [-0.05, 0) is 41.1 Å². The lowest BCUT2D eigenvalue weighted by Gasteiger charge is -2.07. The van der Waals surface area contributed by atoms with Gasteiger partial charge in [0.2, 0.25) is 5.91 Å². The fourth-order valence-electron chi connectivity index (χ4n) is 2.28. The molecule has 3 N–H and O–H groups in total. The molecule has 0 spiro atoms. The Kier molecular flexibility index (Phi) is 3.58. The second kappa shape index (κ2) is 5.69. The molecule has 0 aliphatic carbocycles. The quantitative estimate of drug-likeness (QED) is 0.777. The van der Waals surface area contributed by atoms with Gasteiger partial charge in [-0.2, -0.15) is 0 Å². The Morgan fingerprint density at radius 1 is 0.773 bits per heavy atom. The summed E-state index contributed by atoms with van der Waals surface area (Å²) in [6.07, 6.45) is 0. The molecule has 0 unspecified atom stereocenters. The Morgan fingerprint density at radius 2 is 1.55 bits per heavy atom. The number of hydrogen-bond donors (Lipinski definition) is 2. The molecular formula is C18H14N2O2. The molecule has 4 heteroatoms. The van der Waals surface area contributed by atoms with Crippen molar-refractivity contribution in [3.05, 3.63) is 77.9 Å². The van der Waals surface area contributed by atoms with Gasteiger partial charge in [0, 0.05) is 16.8 Å². The summed E-state index contributed by atoms with van der Waals surface area (Å²) in [5.41, 5.74) is 6.69. The molecule has 0 radical (unpaired) electrons. The van der Waals surface area contributed by atoms with Gasteiger partial charge in [0.1, 0.15) is 0 Å². The number of nitrogens with two attached hydrogens (primary N) is 1. The van der Waals surface area contributed by atoms with Crippen molar-refractivity contribution < 1.29 is 9.59 Å². The number of rotatable bonds is 3. The van der Waals surface area contributed by atoms with Crippen LogP contribution in [-0.2, 0) is 0 Å². The van der Waals surface area contributed by atoms with Crippen molar-refractivity contribution in [2.45, 2.75) is 0 Å². The molecule has 0 atom stereocenters. The van der Waals surface area contributed by atoms with Gasteiger partial charge in [0.05, 0.1) is 0 Å². The lowest BCUT2D eigenvalue weighted by molar-refractivity contribution is 0.0996. The molecule has 0 saturated carbocycles. The highest BCUT2D eigenvalue weighted by Gasteiger charge is 2.08. The molecule has 4 nitrogen and oxygen atoms in total. The largest absolute Gasteiger partial charge is 0.366 e. The predicted octanol–water partition coefficient (Wildman–Crippen LogP) is 3.19. The first-order valence-corrected chi connectivity index (χ1v) is 6.83. The first-order chi connectivity index (χ1) is 10.6. The van der Waals surface area contributed by atoms with Crippen LogP contribution in [0.5, 0.6) is 0 Å². The van der Waals surface area contributed by atoms with E-state index in [0.717, 1.165) is 10.8 Å². The summed E-state index contributed by atoms with van der Waals surface area (Å²) in [4.78, 5) is 23.5. The van der Waals surface area contributed by atoms with Gasteiger partial charge in [-0.25, -0.2) is 0 Å². The molecule has 0 aromatic heterocycles. The van der Waals surface area contributed by atoms with E-state index in [1.165, 1.54) is 0 Å². The average molecular weight is 290 g/mol. The van der Waals surface area contributed by atoms with E-state index in [4.69, 9.17) is 5.73 Å². The van der Waals surface area contributed by atoms with Crippen molar-refractivity contribution in [1.82, 2.24) is 0 Å². The molecule has 22 heavy (non-hydrogen) atoms. The van der Waals surface area contributed by atoms with E-state index in [9.17, 15) is 9.59 Å². The van der Waals surface area contributed by atoms with E-state index in [-0.39, 0.29) is 5.91 Å². The predicted molar refractivity (Wildman–Crippen MR) is 86.9 cm³/mol. The van der Waals surface area contributed by atoms with Crippen LogP contribution in [0.3, 0.4) is 0 Å². The van der Waals surface area contributed by atoms with E-state index >= 15 is 0 Å². The minimum absolute atomic E-state index is 0.229. The lowest BCUT2D eigenvalue weighted by atomic mass is 10.1. The van der Waals surface area contributed by atoms with Gasteiger partial charge in [0.15, 0.2) is 0 Å². The normalized spacial score (nSPS) is 10.4. The molecule has 3 aromatic rings. The van der Waals surface area contributed by atoms with Crippen LogP contribution in [0.4, 0.5) is 5.69 Å². The standard InChI is InChI=1S/C18H14N2O2/c19-17(21)14-6-3-7-16(11-14)20-18(22)15-9-8-12-4-1-2-5-13(12)10-15/h1-11H,(H2,19,21)(H,20,22). The van der Waals surface area contributed by atoms with Crippen LogP contribution in [0, 0.1) is 0 Å². The van der Waals surface area contributed by atoms with Crippen molar-refractivity contribution in [2.24, 2.45) is 5.73 Å². The number of benzene rings is 3. The van der Waals surface area contributed by atoms with Crippen molar-refractivity contribution >= 4 is 28.3 Å². The molecule has 0 saturated heterocycles. The minimum atomic E-state index is -0.526. The molecule has 3 rings (SSSR count). The van der Waals surface area contributed by atoms with Gasteiger partial charge >= 0.3 is 0 Å². The number of hydrogen-bond acceptors (Lipinski definition) is 2. The number of anilines is 1. The smallest absolute Gasteiger partial charge is 0.255 e. The summed E-state index contributed by atoms with van der Waals surface area (Å²) in [7, 11) is 0. The monoisotopic (exact) mass is 290 g/mol. The Labute approximate surface area is 127 Å². The summed E-state index contributed by atoms with van der Waals surface area (Å²) < 4.78 is 0. The summed E-state index contributed by atoms with van der Waals surface area (Å²) in [6.45, 7) is 0. The summed E-state index contributed by atoms with van der Waals surface area (Å²) >= 11 is 0. The molecule has 2 amide bonds. The number of carbonyl (C=O) groups is 2. The second-order valence-corrected chi connectivity index (χ2v) is 4.96. The fourth-order valence-corrected chi connectivity index (χ4v) is 2.28. The molecule has 0 bridgehead atoms. The molecular weight excluding hydrogens is 276 g/mol. The Morgan fingerprint density at radius 3 is 2.32 bits per heavy atom. The van der Waals surface area contributed by atoms with Gasteiger partial charge in [-0.15, -0.1) is 0 Å². The van der Waals surface area contributed by atoms with Crippen LogP contribution >= 0.6 is 0 Å². The van der Waals surface area contributed by atoms with Crippen molar-refractivity contribution in [2.75, 3.05) is 5.32 Å². The first kappa shape index (κ1) is 13.8. The zero-order chi connectivity index (χ0) is 15.5. The molecule has 0 aliphatic rings. The Hall–Kier alpha value is -3.14. The number of fused-ring (bicyclic) bond motifs is 1. The molecule has 108 valence electrons.